The topological polar surface area (TPSA) is 104 Å². The van der Waals surface area contributed by atoms with Gasteiger partial charge in [-0.2, -0.15) is 27.8 Å². The number of carboxylic acids is 1. The average molecular weight is 697 g/mol. The number of hydrogen-bond acceptors (Lipinski definition) is 6. The van der Waals surface area contributed by atoms with E-state index in [4.69, 9.17) is 0 Å². The predicted molar refractivity (Wildman–Crippen MR) is 196 cm³/mol. The van der Waals surface area contributed by atoms with Crippen molar-refractivity contribution in [3.63, 3.8) is 0 Å². The number of aliphatic carboxylic acids is 1. The number of amides is 1. The molecule has 0 spiro atoms. The first-order valence-corrected chi connectivity index (χ1v) is 20.5. The molecular formula is C37H48N2O5S3. The summed E-state index contributed by atoms with van der Waals surface area (Å²) in [6.45, 7) is 4.23. The largest absolute Gasteiger partial charge is 0.480 e. The number of hydrogen-bond donors (Lipinski definition) is 2. The summed E-state index contributed by atoms with van der Waals surface area (Å²) in [6, 6.07) is 20.6. The van der Waals surface area contributed by atoms with Crippen molar-refractivity contribution >= 4 is 45.4 Å². The van der Waals surface area contributed by atoms with Gasteiger partial charge >= 0.3 is 5.97 Å². The Morgan fingerprint density at radius 3 is 2.34 bits per heavy atom. The van der Waals surface area contributed by atoms with E-state index in [-0.39, 0.29) is 17.5 Å². The van der Waals surface area contributed by atoms with Crippen LogP contribution < -0.4 is 5.32 Å². The number of thioether (sulfide) groups is 2. The first kappa shape index (κ1) is 37.0. The van der Waals surface area contributed by atoms with Crippen molar-refractivity contribution in [2.24, 2.45) is 5.92 Å². The van der Waals surface area contributed by atoms with Crippen LogP contribution in [-0.2, 0) is 21.4 Å². The molecule has 0 saturated heterocycles. The Kier molecular flexibility index (Phi) is 14.3. The van der Waals surface area contributed by atoms with E-state index >= 15 is 0 Å². The highest BCUT2D eigenvalue weighted by Crippen LogP contribution is 2.34. The maximum Gasteiger partial charge on any atom is 0.326 e. The minimum atomic E-state index is -3.85. The molecule has 0 heterocycles. The van der Waals surface area contributed by atoms with Crippen LogP contribution in [0, 0.1) is 12.8 Å². The summed E-state index contributed by atoms with van der Waals surface area (Å²) in [7, 11) is -3.85. The lowest BCUT2D eigenvalue weighted by atomic mass is 9.85. The van der Waals surface area contributed by atoms with Gasteiger partial charge in [0.1, 0.15) is 6.04 Å². The first-order chi connectivity index (χ1) is 22.6. The Morgan fingerprint density at radius 2 is 1.68 bits per heavy atom. The molecule has 2 atom stereocenters. The molecule has 254 valence electrons. The van der Waals surface area contributed by atoms with Gasteiger partial charge in [0.05, 0.1) is 4.90 Å². The van der Waals surface area contributed by atoms with Crippen LogP contribution in [0.4, 0.5) is 0 Å². The summed E-state index contributed by atoms with van der Waals surface area (Å²) in [5, 5.41) is 12.5. The van der Waals surface area contributed by atoms with Crippen molar-refractivity contribution in [3.8, 4) is 11.1 Å². The molecule has 1 saturated carbocycles. The van der Waals surface area contributed by atoms with Crippen LogP contribution >= 0.6 is 23.5 Å². The van der Waals surface area contributed by atoms with Gasteiger partial charge < -0.3 is 10.4 Å². The Morgan fingerprint density at radius 1 is 0.979 bits per heavy atom. The number of nitrogens with one attached hydrogen (secondary N) is 1. The molecule has 10 heteroatoms. The highest BCUT2D eigenvalue weighted by atomic mass is 32.2. The van der Waals surface area contributed by atoms with E-state index in [0.29, 0.717) is 35.0 Å². The third-order valence-corrected chi connectivity index (χ3v) is 12.5. The summed E-state index contributed by atoms with van der Waals surface area (Å²) in [5.41, 5.74) is 3.58. The number of benzene rings is 3. The molecule has 1 amide bonds. The Balaban J connectivity index is 1.78. The van der Waals surface area contributed by atoms with Crippen molar-refractivity contribution in [1.29, 1.82) is 0 Å². The zero-order valence-corrected chi connectivity index (χ0v) is 30.1. The number of carbonyl (C=O) groups is 2. The van der Waals surface area contributed by atoms with E-state index in [1.165, 1.54) is 31.0 Å². The fraction of sp³-hybridized carbons (Fsp3) is 0.459. The number of sulfonamides is 1. The van der Waals surface area contributed by atoms with Gasteiger partial charge in [-0.25, -0.2) is 13.2 Å². The smallest absolute Gasteiger partial charge is 0.326 e. The highest BCUT2D eigenvalue weighted by molar-refractivity contribution is 7.99. The van der Waals surface area contributed by atoms with Crippen molar-refractivity contribution in [2.45, 2.75) is 82.3 Å². The van der Waals surface area contributed by atoms with Crippen molar-refractivity contribution in [3.05, 3.63) is 89.5 Å². The number of aryl methyl sites for hydroxylation is 1. The van der Waals surface area contributed by atoms with E-state index in [9.17, 15) is 23.1 Å². The minimum absolute atomic E-state index is 0.158. The SMILES string of the molecule is CCSCC(CC1CCCCC1)N(Cc1ccc(C(=O)NC(CCSC)C(=O)O)c(-c2ccccc2C)c1)S(=O)(=O)c1ccccc1. The molecule has 0 aromatic heterocycles. The third-order valence-electron chi connectivity index (χ3n) is 8.92. The molecule has 4 rings (SSSR count). The summed E-state index contributed by atoms with van der Waals surface area (Å²) in [4.78, 5) is 25.9. The normalized spacial score (nSPS) is 15.3. The molecule has 3 aromatic carbocycles. The summed E-state index contributed by atoms with van der Waals surface area (Å²) >= 11 is 3.30. The van der Waals surface area contributed by atoms with Crippen LogP contribution in [0.2, 0.25) is 0 Å². The van der Waals surface area contributed by atoms with E-state index < -0.39 is 27.9 Å². The Labute approximate surface area is 289 Å². The second-order valence-corrected chi connectivity index (χ2v) is 16.5. The summed E-state index contributed by atoms with van der Waals surface area (Å²) < 4.78 is 30.6. The number of nitrogens with zero attached hydrogens (tertiary/aromatic N) is 1. The highest BCUT2D eigenvalue weighted by Gasteiger charge is 2.34. The summed E-state index contributed by atoms with van der Waals surface area (Å²) in [5.74, 6) is 1.16. The van der Waals surface area contributed by atoms with Gasteiger partial charge in [-0.05, 0) is 90.0 Å². The van der Waals surface area contributed by atoms with Crippen LogP contribution in [0.15, 0.2) is 77.7 Å². The van der Waals surface area contributed by atoms with Crippen LogP contribution in [0.5, 0.6) is 0 Å². The molecule has 3 aromatic rings. The lowest BCUT2D eigenvalue weighted by Gasteiger charge is -2.34. The van der Waals surface area contributed by atoms with E-state index in [1.807, 2.05) is 55.6 Å². The van der Waals surface area contributed by atoms with Gasteiger partial charge in [-0.1, -0.05) is 87.6 Å². The molecule has 7 nitrogen and oxygen atoms in total. The fourth-order valence-corrected chi connectivity index (χ4v) is 9.40. The molecule has 1 fully saturated rings. The molecule has 2 unspecified atom stereocenters. The fourth-order valence-electron chi connectivity index (χ4n) is 6.36. The van der Waals surface area contributed by atoms with Gasteiger partial charge in [0.15, 0.2) is 0 Å². The maximum absolute atomic E-state index is 14.4. The van der Waals surface area contributed by atoms with Crippen LogP contribution in [-0.4, -0.2) is 65.3 Å². The van der Waals surface area contributed by atoms with Gasteiger partial charge in [0.2, 0.25) is 10.0 Å². The second-order valence-electron chi connectivity index (χ2n) is 12.3. The van der Waals surface area contributed by atoms with Gasteiger partial charge in [0, 0.05) is 23.9 Å². The lowest BCUT2D eigenvalue weighted by molar-refractivity contribution is -0.139. The molecule has 0 bridgehead atoms. The van der Waals surface area contributed by atoms with E-state index in [1.54, 1.807) is 46.4 Å². The van der Waals surface area contributed by atoms with Gasteiger partial charge in [-0.15, -0.1) is 0 Å². The predicted octanol–water partition coefficient (Wildman–Crippen LogP) is 7.88. The minimum Gasteiger partial charge on any atom is -0.480 e. The van der Waals surface area contributed by atoms with Crippen molar-refractivity contribution < 1.29 is 23.1 Å². The molecule has 0 aliphatic heterocycles. The molecule has 1 aliphatic carbocycles. The Hall–Kier alpha value is -2.79. The lowest BCUT2D eigenvalue weighted by Crippen LogP contribution is -2.43. The molecular weight excluding hydrogens is 649 g/mol. The standard InChI is InChI=1S/C37H48N2O5S3/c1-4-46-26-30(23-28-14-7-5-8-15-28)39(47(43,44)31-16-9-6-10-17-31)25-29-19-20-33(34(24-29)32-18-12-11-13-27(32)2)36(40)38-35(37(41)42)21-22-45-3/h6,9-13,16-20,24,28,30,35H,4-5,7-8,14-15,21-23,25-26H2,1-3H3,(H,38,40)(H,41,42). The van der Waals surface area contributed by atoms with Crippen molar-refractivity contribution in [2.75, 3.05) is 23.5 Å². The van der Waals surface area contributed by atoms with Crippen LogP contribution in [0.1, 0.15) is 73.4 Å². The third kappa shape index (κ3) is 10.1. The van der Waals surface area contributed by atoms with Crippen molar-refractivity contribution in [1.82, 2.24) is 9.62 Å². The van der Waals surface area contributed by atoms with Gasteiger partial charge in [-0.3, -0.25) is 4.79 Å². The summed E-state index contributed by atoms with van der Waals surface area (Å²) in [6.07, 6.45) is 8.90. The molecule has 0 radical (unpaired) electrons. The maximum atomic E-state index is 14.4. The second kappa shape index (κ2) is 18.1. The van der Waals surface area contributed by atoms with Crippen LogP contribution in [0.25, 0.3) is 11.1 Å². The average Bonchev–Trinajstić information content (AvgIpc) is 3.08. The molecule has 1 aliphatic rings. The number of rotatable bonds is 17. The number of carboxylic acid groups (broad SMARTS) is 1. The number of carbonyl (C=O) groups excluding carboxylic acids is 1. The molecule has 47 heavy (non-hydrogen) atoms. The Bertz CT molecular complexity index is 1580. The molecule has 2 N–H and O–H groups in total. The van der Waals surface area contributed by atoms with E-state index in [0.717, 1.165) is 41.7 Å². The quantitative estimate of drug-likeness (QED) is 0.148. The first-order valence-electron chi connectivity index (χ1n) is 16.5. The van der Waals surface area contributed by atoms with Gasteiger partial charge in [0.25, 0.3) is 5.91 Å². The zero-order valence-electron chi connectivity index (χ0n) is 27.7. The monoisotopic (exact) mass is 696 g/mol. The zero-order chi connectivity index (χ0) is 33.8. The van der Waals surface area contributed by atoms with E-state index in [2.05, 4.69) is 12.2 Å². The van der Waals surface area contributed by atoms with Crippen LogP contribution in [0.3, 0.4) is 0 Å².